The second kappa shape index (κ2) is 7.93. The van der Waals surface area contributed by atoms with E-state index in [2.05, 4.69) is 4.98 Å². The Hall–Kier alpha value is -1.98. The lowest BCUT2D eigenvalue weighted by Gasteiger charge is -2.20. The van der Waals surface area contributed by atoms with Crippen molar-refractivity contribution in [2.45, 2.75) is 32.7 Å². The molecule has 0 radical (unpaired) electrons. The Morgan fingerprint density at radius 2 is 1.96 bits per heavy atom. The maximum absolute atomic E-state index is 12.8. The molecule has 2 heterocycles. The average molecular weight is 361 g/mol. The lowest BCUT2D eigenvalue weighted by Crippen LogP contribution is -2.31. The zero-order chi connectivity index (χ0) is 17.8. The average Bonchev–Trinajstić information content (AvgIpc) is 2.63. The molecule has 0 spiro atoms. The largest absolute Gasteiger partial charge is 0.381 e. The number of Topliss-reactive ketones (excluding diaryl/α,β-unsaturated/α-hetero) is 1. The number of carbonyl (C=O) groups excluding carboxylic acids is 1. The van der Waals surface area contributed by atoms with E-state index in [-0.39, 0.29) is 23.7 Å². The van der Waals surface area contributed by atoms with Crippen molar-refractivity contribution in [2.24, 2.45) is 5.92 Å². The smallest absolute Gasteiger partial charge is 0.257 e. The van der Waals surface area contributed by atoms with E-state index in [1.807, 2.05) is 12.1 Å². The zero-order valence-corrected chi connectivity index (χ0v) is 15.0. The third-order valence-electron chi connectivity index (χ3n) is 4.61. The van der Waals surface area contributed by atoms with Gasteiger partial charge in [0.15, 0.2) is 0 Å². The van der Waals surface area contributed by atoms with Crippen LogP contribution in [0, 0.1) is 12.8 Å². The minimum Gasteiger partial charge on any atom is -0.381 e. The van der Waals surface area contributed by atoms with Crippen molar-refractivity contribution in [3.63, 3.8) is 0 Å². The maximum Gasteiger partial charge on any atom is 0.257 e. The highest BCUT2D eigenvalue weighted by atomic mass is 35.5. The number of aromatic nitrogens is 2. The molecule has 2 aromatic rings. The van der Waals surface area contributed by atoms with Crippen LogP contribution in [-0.2, 0) is 22.5 Å². The van der Waals surface area contributed by atoms with Gasteiger partial charge in [0.2, 0.25) is 0 Å². The highest BCUT2D eigenvalue weighted by Crippen LogP contribution is 2.17. The summed E-state index contributed by atoms with van der Waals surface area (Å²) in [5, 5.41) is 0.654. The molecule has 0 bridgehead atoms. The summed E-state index contributed by atoms with van der Waals surface area (Å²) >= 11 is 5.91. The molecule has 0 unspecified atom stereocenters. The van der Waals surface area contributed by atoms with Crippen LogP contribution >= 0.6 is 11.6 Å². The van der Waals surface area contributed by atoms with Crippen LogP contribution in [0.5, 0.6) is 0 Å². The van der Waals surface area contributed by atoms with Crippen LogP contribution in [-0.4, -0.2) is 28.5 Å². The number of ketones is 1. The van der Waals surface area contributed by atoms with Crippen molar-refractivity contribution in [1.82, 2.24) is 9.55 Å². The number of nitrogens with zero attached hydrogens (tertiary/aromatic N) is 2. The van der Waals surface area contributed by atoms with Crippen molar-refractivity contribution in [1.29, 1.82) is 0 Å². The Labute approximate surface area is 151 Å². The Morgan fingerprint density at radius 1 is 1.28 bits per heavy atom. The van der Waals surface area contributed by atoms with Gasteiger partial charge in [0.05, 0.1) is 6.54 Å². The second-order valence-electron chi connectivity index (χ2n) is 6.38. The molecular weight excluding hydrogens is 340 g/mol. The van der Waals surface area contributed by atoms with Gasteiger partial charge in [0.1, 0.15) is 11.6 Å². The fourth-order valence-corrected chi connectivity index (χ4v) is 3.17. The van der Waals surface area contributed by atoms with E-state index < -0.39 is 0 Å². The summed E-state index contributed by atoms with van der Waals surface area (Å²) < 4.78 is 6.90. The first-order chi connectivity index (χ1) is 12.0. The molecule has 6 heteroatoms. The number of hydrogen-bond donors (Lipinski definition) is 0. The summed E-state index contributed by atoms with van der Waals surface area (Å²) in [7, 11) is 0. The first-order valence-corrected chi connectivity index (χ1v) is 8.82. The third-order valence-corrected chi connectivity index (χ3v) is 4.86. The van der Waals surface area contributed by atoms with Crippen LogP contribution in [0.4, 0.5) is 0 Å². The quantitative estimate of drug-likeness (QED) is 0.822. The van der Waals surface area contributed by atoms with Crippen LogP contribution in [0.15, 0.2) is 35.3 Å². The standard InChI is InChI=1S/C19H21ClN2O3/c1-13-21-11-16(10-18(23)15-6-8-25-9-7-15)19(24)22(13)12-14-2-4-17(20)5-3-14/h2-5,11,15H,6-10,12H2,1H3. The van der Waals surface area contributed by atoms with Gasteiger partial charge in [-0.3, -0.25) is 14.2 Å². The van der Waals surface area contributed by atoms with Crippen molar-refractivity contribution in [3.8, 4) is 0 Å². The lowest BCUT2D eigenvalue weighted by molar-refractivity contribution is -0.125. The predicted molar refractivity (Wildman–Crippen MR) is 96.0 cm³/mol. The van der Waals surface area contributed by atoms with E-state index in [4.69, 9.17) is 16.3 Å². The van der Waals surface area contributed by atoms with Gasteiger partial charge in [-0.15, -0.1) is 0 Å². The fourth-order valence-electron chi connectivity index (χ4n) is 3.05. The van der Waals surface area contributed by atoms with Crippen molar-refractivity contribution >= 4 is 17.4 Å². The van der Waals surface area contributed by atoms with Gasteiger partial charge in [-0.05, 0) is 37.5 Å². The van der Waals surface area contributed by atoms with Gasteiger partial charge >= 0.3 is 0 Å². The van der Waals surface area contributed by atoms with Gasteiger partial charge in [-0.1, -0.05) is 23.7 Å². The number of halogens is 1. The Kier molecular flexibility index (Phi) is 5.66. The number of carbonyl (C=O) groups is 1. The Morgan fingerprint density at radius 3 is 2.64 bits per heavy atom. The monoisotopic (exact) mass is 360 g/mol. The SMILES string of the molecule is Cc1ncc(CC(=O)C2CCOCC2)c(=O)n1Cc1ccc(Cl)cc1. The molecule has 0 amide bonds. The fraction of sp³-hybridized carbons (Fsp3) is 0.421. The second-order valence-corrected chi connectivity index (χ2v) is 6.81. The first-order valence-electron chi connectivity index (χ1n) is 8.45. The van der Waals surface area contributed by atoms with Gasteiger partial charge in [0, 0.05) is 42.3 Å². The van der Waals surface area contributed by atoms with Crippen molar-refractivity contribution in [3.05, 3.63) is 62.8 Å². The highest BCUT2D eigenvalue weighted by molar-refractivity contribution is 6.30. The summed E-state index contributed by atoms with van der Waals surface area (Å²) in [6.07, 6.45) is 3.14. The predicted octanol–water partition coefficient (Wildman–Crippen LogP) is 2.79. The topological polar surface area (TPSA) is 61.2 Å². The zero-order valence-electron chi connectivity index (χ0n) is 14.2. The molecule has 0 aliphatic carbocycles. The molecule has 0 saturated carbocycles. The number of ether oxygens (including phenoxy) is 1. The van der Waals surface area contributed by atoms with Crippen molar-refractivity contribution in [2.75, 3.05) is 13.2 Å². The molecule has 1 aromatic carbocycles. The molecule has 1 fully saturated rings. The van der Waals surface area contributed by atoms with E-state index in [0.29, 0.717) is 36.2 Å². The van der Waals surface area contributed by atoms with Gasteiger partial charge < -0.3 is 4.74 Å². The van der Waals surface area contributed by atoms with E-state index in [9.17, 15) is 9.59 Å². The number of hydrogen-bond acceptors (Lipinski definition) is 4. The summed E-state index contributed by atoms with van der Waals surface area (Å²) in [6.45, 7) is 3.43. The number of benzene rings is 1. The van der Waals surface area contributed by atoms with Crippen LogP contribution in [0.25, 0.3) is 0 Å². The molecule has 25 heavy (non-hydrogen) atoms. The van der Waals surface area contributed by atoms with Gasteiger partial charge in [-0.25, -0.2) is 4.98 Å². The van der Waals surface area contributed by atoms with Crippen molar-refractivity contribution < 1.29 is 9.53 Å². The van der Waals surface area contributed by atoms with E-state index in [0.717, 1.165) is 18.4 Å². The molecule has 132 valence electrons. The first kappa shape index (κ1) is 17.8. The van der Waals surface area contributed by atoms with Gasteiger partial charge in [0.25, 0.3) is 5.56 Å². The van der Waals surface area contributed by atoms with Crippen LogP contribution < -0.4 is 5.56 Å². The Balaban J connectivity index is 1.80. The molecule has 1 aliphatic rings. The maximum atomic E-state index is 12.8. The van der Waals surface area contributed by atoms with E-state index in [1.165, 1.54) is 6.20 Å². The molecule has 1 aromatic heterocycles. The summed E-state index contributed by atoms with van der Waals surface area (Å²) in [4.78, 5) is 29.6. The molecule has 1 saturated heterocycles. The molecule has 1 aliphatic heterocycles. The van der Waals surface area contributed by atoms with Crippen LogP contribution in [0.3, 0.4) is 0 Å². The van der Waals surface area contributed by atoms with E-state index in [1.54, 1.807) is 23.6 Å². The molecule has 5 nitrogen and oxygen atoms in total. The van der Waals surface area contributed by atoms with Crippen LogP contribution in [0.2, 0.25) is 5.02 Å². The summed E-state index contributed by atoms with van der Waals surface area (Å²) in [5.74, 6) is 0.713. The Bertz CT molecular complexity index is 808. The molecular formula is C19H21ClN2O3. The summed E-state index contributed by atoms with van der Waals surface area (Å²) in [5.41, 5.74) is 1.27. The summed E-state index contributed by atoms with van der Waals surface area (Å²) in [6, 6.07) is 7.36. The third kappa shape index (κ3) is 4.35. The number of rotatable bonds is 5. The molecule has 3 rings (SSSR count). The van der Waals surface area contributed by atoms with Crippen LogP contribution in [0.1, 0.15) is 29.8 Å². The van der Waals surface area contributed by atoms with Gasteiger partial charge in [-0.2, -0.15) is 0 Å². The minimum atomic E-state index is -0.150. The molecule has 0 atom stereocenters. The lowest BCUT2D eigenvalue weighted by atomic mass is 9.92. The minimum absolute atomic E-state index is 0.0147. The highest BCUT2D eigenvalue weighted by Gasteiger charge is 2.23. The normalized spacial score (nSPS) is 15.3. The van der Waals surface area contributed by atoms with E-state index >= 15 is 0 Å². The number of aryl methyl sites for hydroxylation is 1. The molecule has 0 N–H and O–H groups in total.